The molecule has 0 radical (unpaired) electrons. The maximum atomic E-state index is 6.14. The van der Waals surface area contributed by atoms with Gasteiger partial charge in [0.15, 0.2) is 0 Å². The lowest BCUT2D eigenvalue weighted by Gasteiger charge is -2.07. The van der Waals surface area contributed by atoms with E-state index in [2.05, 4.69) is 77.8 Å². The van der Waals surface area contributed by atoms with E-state index in [-0.39, 0.29) is 0 Å². The summed E-state index contributed by atoms with van der Waals surface area (Å²) >= 11 is 0. The number of hydrogen-bond acceptors (Lipinski definition) is 1. The molecule has 0 N–H and O–H groups in total. The first-order chi connectivity index (χ1) is 12.7. The van der Waals surface area contributed by atoms with E-state index in [1.165, 1.54) is 38.3 Å². The Kier molecular flexibility index (Phi) is 2.48. The van der Waals surface area contributed by atoms with Gasteiger partial charge in [-0.25, -0.2) is 4.57 Å². The molecule has 26 heavy (non-hydrogen) atoms. The van der Waals surface area contributed by atoms with Crippen molar-refractivity contribution in [1.82, 2.24) is 4.40 Å². The van der Waals surface area contributed by atoms with Gasteiger partial charge in [0.2, 0.25) is 0 Å². The molecule has 0 saturated heterocycles. The fourth-order valence-electron chi connectivity index (χ4n) is 4.33. The lowest BCUT2D eigenvalue weighted by molar-refractivity contribution is -0.643. The Hall–Kier alpha value is -3.33. The van der Waals surface area contributed by atoms with Crippen molar-refractivity contribution in [3.8, 4) is 0 Å². The van der Waals surface area contributed by atoms with E-state index in [0.29, 0.717) is 0 Å². The van der Waals surface area contributed by atoms with Crippen LogP contribution in [0.2, 0.25) is 0 Å². The van der Waals surface area contributed by atoms with Crippen molar-refractivity contribution in [3.63, 3.8) is 0 Å². The predicted octanol–water partition coefficient (Wildman–Crippen LogP) is 5.28. The first-order valence-corrected chi connectivity index (χ1v) is 8.85. The molecule has 0 aliphatic heterocycles. The van der Waals surface area contributed by atoms with Crippen LogP contribution < -0.4 is 4.57 Å². The van der Waals surface area contributed by atoms with Gasteiger partial charge in [-0.1, -0.05) is 36.4 Å². The van der Waals surface area contributed by atoms with Crippen LogP contribution in [-0.4, -0.2) is 4.40 Å². The molecule has 0 spiro atoms. The minimum Gasteiger partial charge on any atom is -0.456 e. The molecule has 3 aromatic carbocycles. The number of furan rings is 1. The van der Waals surface area contributed by atoms with Gasteiger partial charge in [-0.2, -0.15) is 4.40 Å². The zero-order valence-corrected chi connectivity index (χ0v) is 14.7. The Bertz CT molecular complexity index is 1500. The summed E-state index contributed by atoms with van der Waals surface area (Å²) in [5.41, 5.74) is 5.59. The zero-order chi connectivity index (χ0) is 17.4. The molecule has 0 atom stereocenters. The fraction of sp³-hybridized carbons (Fsp3) is 0.0870. The molecule has 0 saturated carbocycles. The minimum atomic E-state index is 0.938. The summed E-state index contributed by atoms with van der Waals surface area (Å²) in [5.74, 6) is 0. The van der Waals surface area contributed by atoms with E-state index >= 15 is 0 Å². The first kappa shape index (κ1) is 13.9. The van der Waals surface area contributed by atoms with Crippen molar-refractivity contribution < 1.29 is 8.98 Å². The molecule has 3 heterocycles. The van der Waals surface area contributed by atoms with Crippen molar-refractivity contribution in [2.45, 2.75) is 6.92 Å². The van der Waals surface area contributed by atoms with Crippen molar-refractivity contribution in [1.29, 1.82) is 0 Å². The average Bonchev–Trinajstić information content (AvgIpc) is 3.21. The van der Waals surface area contributed by atoms with Gasteiger partial charge in [-0.15, -0.1) is 0 Å². The number of aromatic nitrogens is 2. The second kappa shape index (κ2) is 4.64. The average molecular weight is 337 g/mol. The highest BCUT2D eigenvalue weighted by molar-refractivity contribution is 6.17. The van der Waals surface area contributed by atoms with Gasteiger partial charge in [0.25, 0.3) is 5.65 Å². The van der Waals surface area contributed by atoms with Crippen molar-refractivity contribution in [3.05, 3.63) is 72.6 Å². The molecule has 0 bridgehead atoms. The van der Waals surface area contributed by atoms with Gasteiger partial charge in [0, 0.05) is 21.5 Å². The second-order valence-electron chi connectivity index (χ2n) is 7.06. The van der Waals surface area contributed by atoms with Crippen LogP contribution in [0, 0.1) is 6.92 Å². The van der Waals surface area contributed by atoms with Gasteiger partial charge >= 0.3 is 0 Å². The van der Waals surface area contributed by atoms with E-state index in [4.69, 9.17) is 4.42 Å². The monoisotopic (exact) mass is 337 g/mol. The number of aryl methyl sites for hydroxylation is 2. The summed E-state index contributed by atoms with van der Waals surface area (Å²) in [6.45, 7) is 2.18. The number of nitrogens with zero attached hydrogens (tertiary/aromatic N) is 2. The van der Waals surface area contributed by atoms with E-state index in [0.717, 1.165) is 16.6 Å². The van der Waals surface area contributed by atoms with Crippen LogP contribution in [0.4, 0.5) is 0 Å². The molecule has 6 rings (SSSR count). The number of rotatable bonds is 0. The summed E-state index contributed by atoms with van der Waals surface area (Å²) in [4.78, 5) is 0. The molecule has 0 fully saturated rings. The third-order valence-electron chi connectivity index (χ3n) is 5.54. The maximum Gasteiger partial charge on any atom is 0.294 e. The minimum absolute atomic E-state index is 0.938. The number of benzene rings is 3. The molecule has 3 aromatic heterocycles. The van der Waals surface area contributed by atoms with Gasteiger partial charge in [-0.3, -0.25) is 0 Å². The Morgan fingerprint density at radius 2 is 1.69 bits per heavy atom. The second-order valence-corrected chi connectivity index (χ2v) is 7.06. The Labute approximate surface area is 149 Å². The molecule has 0 aliphatic carbocycles. The molecule has 0 aliphatic rings. The van der Waals surface area contributed by atoms with Crippen LogP contribution in [0.5, 0.6) is 0 Å². The van der Waals surface area contributed by atoms with Crippen LogP contribution in [0.1, 0.15) is 5.56 Å². The van der Waals surface area contributed by atoms with Gasteiger partial charge in [0.05, 0.1) is 12.4 Å². The van der Waals surface area contributed by atoms with Gasteiger partial charge < -0.3 is 4.42 Å². The normalized spacial score (nSPS) is 12.2. The molecule has 0 unspecified atom stereocenters. The van der Waals surface area contributed by atoms with Gasteiger partial charge in [-0.05, 0) is 30.7 Å². The lowest BCUT2D eigenvalue weighted by atomic mass is 10.0. The highest BCUT2D eigenvalue weighted by Crippen LogP contribution is 2.36. The molecular formula is C23H17N2O+. The molecule has 3 heteroatoms. The highest BCUT2D eigenvalue weighted by Gasteiger charge is 2.20. The van der Waals surface area contributed by atoms with E-state index in [1.54, 1.807) is 0 Å². The Balaban J connectivity index is 1.97. The molecular weight excluding hydrogens is 320 g/mol. The molecule has 3 nitrogen and oxygen atoms in total. The van der Waals surface area contributed by atoms with Crippen LogP contribution in [0.15, 0.2) is 71.4 Å². The quantitative estimate of drug-likeness (QED) is 0.273. The smallest absolute Gasteiger partial charge is 0.294 e. The third-order valence-corrected chi connectivity index (χ3v) is 5.54. The van der Waals surface area contributed by atoms with Crippen LogP contribution in [0.3, 0.4) is 0 Å². The van der Waals surface area contributed by atoms with E-state index in [1.807, 2.05) is 12.1 Å². The summed E-state index contributed by atoms with van der Waals surface area (Å²) in [5, 5.41) is 6.11. The largest absolute Gasteiger partial charge is 0.456 e. The van der Waals surface area contributed by atoms with Crippen LogP contribution in [0.25, 0.3) is 49.3 Å². The first-order valence-electron chi connectivity index (χ1n) is 8.85. The van der Waals surface area contributed by atoms with Crippen molar-refractivity contribution in [2.75, 3.05) is 0 Å². The number of imidazole rings is 1. The molecule has 124 valence electrons. The maximum absolute atomic E-state index is 6.14. The lowest BCUT2D eigenvalue weighted by Crippen LogP contribution is -2.26. The number of para-hydroxylation sites is 1. The van der Waals surface area contributed by atoms with Crippen molar-refractivity contribution in [2.24, 2.45) is 7.05 Å². The molecule has 6 aromatic rings. The van der Waals surface area contributed by atoms with Crippen LogP contribution in [-0.2, 0) is 7.05 Å². The number of pyridine rings is 1. The summed E-state index contributed by atoms with van der Waals surface area (Å²) in [7, 11) is 2.11. The predicted molar refractivity (Wildman–Crippen MR) is 106 cm³/mol. The zero-order valence-electron chi connectivity index (χ0n) is 14.7. The van der Waals surface area contributed by atoms with Gasteiger partial charge in [0.1, 0.15) is 29.1 Å². The van der Waals surface area contributed by atoms with E-state index < -0.39 is 0 Å². The Morgan fingerprint density at radius 3 is 2.62 bits per heavy atom. The third kappa shape index (κ3) is 1.60. The standard InChI is InChI=1S/C23H17N2O/c1-14-6-5-8-16-17-13-21-18(15-7-3-4-9-20(15)26-21)12-19(17)25-11-10-24(2)23(25)22(14)16/h3-13H,1-2H3/q+1. The SMILES string of the molecule is Cc1cccc2c3cc4oc5ccccc5c4cc3n3cc[n+](C)c3c12. The summed E-state index contributed by atoms with van der Waals surface area (Å²) in [6, 6.07) is 19.3. The number of fused-ring (bicyclic) bond motifs is 9. The van der Waals surface area contributed by atoms with E-state index in [9.17, 15) is 0 Å². The topological polar surface area (TPSA) is 21.4 Å². The molecule has 0 amide bonds. The fourth-order valence-corrected chi connectivity index (χ4v) is 4.33. The summed E-state index contributed by atoms with van der Waals surface area (Å²) < 4.78 is 10.6. The van der Waals surface area contributed by atoms with Crippen LogP contribution >= 0.6 is 0 Å². The highest BCUT2D eigenvalue weighted by atomic mass is 16.3. The van der Waals surface area contributed by atoms with Crippen molar-refractivity contribution >= 4 is 49.3 Å². The number of hydrogen-bond donors (Lipinski definition) is 0. The Morgan fingerprint density at radius 1 is 0.846 bits per heavy atom. The summed E-state index contributed by atoms with van der Waals surface area (Å²) in [6.07, 6.45) is 4.27.